The molecule has 24 heavy (non-hydrogen) atoms. The number of nitrogens with zero attached hydrogens (tertiary/aromatic N) is 2. The van der Waals surface area contributed by atoms with Crippen LogP contribution in [0.2, 0.25) is 0 Å². The van der Waals surface area contributed by atoms with E-state index in [0.29, 0.717) is 12.5 Å². The summed E-state index contributed by atoms with van der Waals surface area (Å²) in [6.45, 7) is 6.76. The molecule has 1 aromatic rings. The lowest BCUT2D eigenvalue weighted by Gasteiger charge is -2.18. The molecule has 2 aliphatic rings. The monoisotopic (exact) mass is 332 g/mol. The van der Waals surface area contributed by atoms with Crippen LogP contribution in [0.1, 0.15) is 63.8 Å². The van der Waals surface area contributed by atoms with E-state index in [0.717, 1.165) is 56.3 Å². The Kier molecular flexibility index (Phi) is 4.65. The second-order valence-corrected chi connectivity index (χ2v) is 7.17. The molecule has 0 spiro atoms. The molecule has 2 fully saturated rings. The molecule has 0 saturated heterocycles. The third-order valence-electron chi connectivity index (χ3n) is 5.48. The second kappa shape index (κ2) is 6.57. The van der Waals surface area contributed by atoms with Crippen molar-refractivity contribution in [1.82, 2.24) is 15.0 Å². The van der Waals surface area contributed by atoms with Gasteiger partial charge in [0.05, 0.1) is 11.1 Å². The summed E-state index contributed by atoms with van der Waals surface area (Å²) in [5.41, 5.74) is 7.05. The minimum absolute atomic E-state index is 0.0185. The molecule has 1 amide bonds. The minimum Gasteiger partial charge on any atom is -0.308 e. The number of hydrazine groups is 1. The van der Waals surface area contributed by atoms with E-state index in [1.165, 1.54) is 0 Å². The van der Waals surface area contributed by atoms with Crippen molar-refractivity contribution in [2.45, 2.75) is 72.3 Å². The zero-order valence-corrected chi connectivity index (χ0v) is 14.9. The summed E-state index contributed by atoms with van der Waals surface area (Å²) >= 11 is 0. The van der Waals surface area contributed by atoms with Gasteiger partial charge in [-0.3, -0.25) is 20.4 Å². The number of unbranched alkanes of at least 4 members (excludes halogenated alkanes) is 1. The van der Waals surface area contributed by atoms with Gasteiger partial charge >= 0.3 is 0 Å². The smallest absolute Gasteiger partial charge is 0.295 e. The Hall–Kier alpha value is -1.85. The number of rotatable bonds is 8. The first-order chi connectivity index (χ1) is 11.5. The average Bonchev–Trinajstić information content (AvgIpc) is 3.46. The molecule has 0 radical (unpaired) electrons. The third-order valence-corrected chi connectivity index (χ3v) is 5.48. The summed E-state index contributed by atoms with van der Waals surface area (Å²) in [7, 11) is 0. The molecule has 0 bridgehead atoms. The molecular weight excluding hydrogens is 304 g/mol. The highest BCUT2D eigenvalue weighted by atomic mass is 16.2. The molecule has 1 aromatic heterocycles. The van der Waals surface area contributed by atoms with Gasteiger partial charge in [0, 0.05) is 12.2 Å². The summed E-state index contributed by atoms with van der Waals surface area (Å²) < 4.78 is 1.78. The molecule has 2 N–H and O–H groups in total. The number of hydrogen-bond acceptors (Lipinski definition) is 4. The molecular formula is C18H28N4O2. The summed E-state index contributed by atoms with van der Waals surface area (Å²) in [5.74, 6) is 0.788. The van der Waals surface area contributed by atoms with Crippen LogP contribution in [0.15, 0.2) is 4.79 Å². The first-order valence-corrected chi connectivity index (χ1v) is 9.20. The summed E-state index contributed by atoms with van der Waals surface area (Å²) in [6.07, 6.45) is 6.97. The van der Waals surface area contributed by atoms with Crippen molar-refractivity contribution in [3.8, 4) is 0 Å². The van der Waals surface area contributed by atoms with E-state index in [2.05, 4.69) is 22.8 Å². The van der Waals surface area contributed by atoms with E-state index < -0.39 is 0 Å². The van der Waals surface area contributed by atoms with Gasteiger partial charge in [-0.1, -0.05) is 20.3 Å². The number of anilines is 1. The van der Waals surface area contributed by atoms with Crippen molar-refractivity contribution in [2.24, 2.45) is 11.3 Å². The molecule has 0 aliphatic heterocycles. The van der Waals surface area contributed by atoms with Crippen molar-refractivity contribution in [2.75, 3.05) is 5.43 Å². The van der Waals surface area contributed by atoms with Crippen molar-refractivity contribution >= 4 is 11.7 Å². The molecule has 0 aromatic carbocycles. The van der Waals surface area contributed by atoms with Crippen LogP contribution < -0.4 is 16.4 Å². The van der Waals surface area contributed by atoms with Gasteiger partial charge < -0.3 is 4.57 Å². The molecule has 2 aliphatic carbocycles. The zero-order chi connectivity index (χ0) is 17.3. The predicted molar refractivity (Wildman–Crippen MR) is 93.7 cm³/mol. The molecule has 3 rings (SSSR count). The normalized spacial score (nSPS) is 18.3. The van der Waals surface area contributed by atoms with Crippen molar-refractivity contribution in [3.05, 3.63) is 21.7 Å². The lowest BCUT2D eigenvalue weighted by atomic mass is 10.0. The van der Waals surface area contributed by atoms with Crippen molar-refractivity contribution < 1.29 is 4.79 Å². The Morgan fingerprint density at radius 1 is 1.33 bits per heavy atom. The Morgan fingerprint density at radius 3 is 2.58 bits per heavy atom. The fraction of sp³-hybridized carbons (Fsp3) is 0.722. The number of nitrogens with one attached hydrogen (secondary N) is 2. The number of carbonyl (C=O) groups excluding carboxylic acids is 1. The lowest BCUT2D eigenvalue weighted by molar-refractivity contribution is -0.126. The van der Waals surface area contributed by atoms with E-state index in [-0.39, 0.29) is 22.7 Å². The van der Waals surface area contributed by atoms with Gasteiger partial charge in [0.1, 0.15) is 0 Å². The second-order valence-electron chi connectivity index (χ2n) is 7.17. The van der Waals surface area contributed by atoms with Crippen LogP contribution in [-0.2, 0) is 17.8 Å². The minimum atomic E-state index is -0.174. The fourth-order valence-corrected chi connectivity index (χ4v) is 3.53. The molecule has 0 unspecified atom stereocenters. The van der Waals surface area contributed by atoms with Crippen LogP contribution in [-0.4, -0.2) is 15.5 Å². The van der Waals surface area contributed by atoms with Gasteiger partial charge in [0.2, 0.25) is 11.7 Å². The highest BCUT2D eigenvalue weighted by Crippen LogP contribution is 2.61. The van der Waals surface area contributed by atoms with E-state index >= 15 is 0 Å². The van der Waals surface area contributed by atoms with Crippen molar-refractivity contribution in [3.63, 3.8) is 0 Å². The van der Waals surface area contributed by atoms with Gasteiger partial charge in [0.15, 0.2) is 0 Å². The van der Waals surface area contributed by atoms with Gasteiger partial charge in [-0.25, -0.2) is 4.98 Å². The molecule has 6 heteroatoms. The zero-order valence-electron chi connectivity index (χ0n) is 14.9. The maximum absolute atomic E-state index is 12.7. The standard InChI is InChI=1S/C18H28N4O2/c1-4-6-11-22-12(3)14(5-2)19-15(16(22)23)20-21-17(24)18(9-10-18)13-7-8-13/h13H,4-11H2,1-3H3,(H,19,20)(H,21,24). The number of aryl methyl sites for hydroxylation is 1. The fourth-order valence-electron chi connectivity index (χ4n) is 3.53. The quantitative estimate of drug-likeness (QED) is 0.717. The van der Waals surface area contributed by atoms with Gasteiger partial charge in [-0.2, -0.15) is 0 Å². The van der Waals surface area contributed by atoms with Crippen LogP contribution in [0.25, 0.3) is 0 Å². The van der Waals surface area contributed by atoms with Gasteiger partial charge in [-0.05, 0) is 51.4 Å². The van der Waals surface area contributed by atoms with Crippen molar-refractivity contribution in [1.29, 1.82) is 0 Å². The SMILES string of the molecule is CCCCn1c(C)c(CC)nc(NNC(=O)C2(C3CC3)CC2)c1=O. The van der Waals surface area contributed by atoms with Crippen LogP contribution in [0.5, 0.6) is 0 Å². The maximum Gasteiger partial charge on any atom is 0.295 e. The first-order valence-electron chi connectivity index (χ1n) is 9.20. The van der Waals surface area contributed by atoms with E-state index in [9.17, 15) is 9.59 Å². The van der Waals surface area contributed by atoms with E-state index in [1.807, 2.05) is 13.8 Å². The van der Waals surface area contributed by atoms with E-state index in [1.54, 1.807) is 4.57 Å². The van der Waals surface area contributed by atoms with E-state index in [4.69, 9.17) is 0 Å². The Balaban J connectivity index is 1.77. The molecule has 132 valence electrons. The summed E-state index contributed by atoms with van der Waals surface area (Å²) in [4.78, 5) is 29.6. The first kappa shape index (κ1) is 17.0. The number of hydrogen-bond donors (Lipinski definition) is 2. The molecule has 1 heterocycles. The molecule has 6 nitrogen and oxygen atoms in total. The maximum atomic E-state index is 12.7. The van der Waals surface area contributed by atoms with Crippen LogP contribution >= 0.6 is 0 Å². The van der Waals surface area contributed by atoms with Gasteiger partial charge in [-0.15, -0.1) is 0 Å². The highest BCUT2D eigenvalue weighted by Gasteiger charge is 2.59. The van der Waals surface area contributed by atoms with Crippen LogP contribution in [0.4, 0.5) is 5.82 Å². The summed E-state index contributed by atoms with van der Waals surface area (Å²) in [6, 6.07) is 0. The Morgan fingerprint density at radius 2 is 2.04 bits per heavy atom. The highest BCUT2D eigenvalue weighted by molar-refractivity contribution is 5.86. The number of amides is 1. The summed E-state index contributed by atoms with van der Waals surface area (Å²) in [5, 5.41) is 0. The average molecular weight is 332 g/mol. The Labute approximate surface area is 143 Å². The Bertz CT molecular complexity index is 687. The lowest BCUT2D eigenvalue weighted by Crippen LogP contribution is -2.40. The topological polar surface area (TPSA) is 76.0 Å². The largest absolute Gasteiger partial charge is 0.308 e. The van der Waals surface area contributed by atoms with Crippen LogP contribution in [0.3, 0.4) is 0 Å². The number of carbonyl (C=O) groups is 1. The van der Waals surface area contributed by atoms with Gasteiger partial charge in [0.25, 0.3) is 5.56 Å². The predicted octanol–water partition coefficient (Wildman–Crippen LogP) is 2.55. The third kappa shape index (κ3) is 3.06. The number of aromatic nitrogens is 2. The molecule has 2 saturated carbocycles. The van der Waals surface area contributed by atoms with Crippen LogP contribution in [0, 0.1) is 18.3 Å². The molecule has 0 atom stereocenters.